The van der Waals surface area contributed by atoms with Gasteiger partial charge in [0.1, 0.15) is 5.52 Å². The molecule has 132 valence electrons. The van der Waals surface area contributed by atoms with Gasteiger partial charge in [-0.1, -0.05) is 6.92 Å². The highest BCUT2D eigenvalue weighted by molar-refractivity contribution is 5.85. The molecule has 7 heteroatoms. The third kappa shape index (κ3) is 3.16. The number of hydrogen-bond acceptors (Lipinski definition) is 6. The monoisotopic (exact) mass is 340 g/mol. The van der Waals surface area contributed by atoms with Crippen LogP contribution >= 0.6 is 0 Å². The maximum atomic E-state index is 12.2. The van der Waals surface area contributed by atoms with Gasteiger partial charge in [-0.2, -0.15) is 0 Å². The number of carbonyl (C=O) groups excluding carboxylic acids is 1. The van der Waals surface area contributed by atoms with E-state index >= 15 is 0 Å². The Morgan fingerprint density at radius 3 is 2.76 bits per heavy atom. The number of amides is 1. The second kappa shape index (κ2) is 6.55. The van der Waals surface area contributed by atoms with Gasteiger partial charge < -0.3 is 15.1 Å². The van der Waals surface area contributed by atoms with Crippen LogP contribution in [0.3, 0.4) is 0 Å². The molecule has 2 aliphatic rings. The highest BCUT2D eigenvalue weighted by Crippen LogP contribution is 2.28. The minimum Gasteiger partial charge on any atom is -0.368 e. The molecule has 1 unspecified atom stereocenters. The largest absolute Gasteiger partial charge is 0.368 e. The zero-order valence-electron chi connectivity index (χ0n) is 14.7. The molecular formula is C18H24N6O. The molecule has 4 heterocycles. The number of rotatable bonds is 3. The number of nitrogens with zero attached hydrogens (tertiary/aromatic N) is 5. The molecular weight excluding hydrogens is 316 g/mol. The summed E-state index contributed by atoms with van der Waals surface area (Å²) in [5.74, 6) is 0.755. The summed E-state index contributed by atoms with van der Waals surface area (Å²) >= 11 is 0. The molecule has 2 aromatic rings. The fraction of sp³-hybridized carbons (Fsp3) is 0.556. The highest BCUT2D eigenvalue weighted by Gasteiger charge is 2.33. The molecule has 2 aromatic heterocycles. The summed E-state index contributed by atoms with van der Waals surface area (Å²) in [4.78, 5) is 29.5. The second-order valence-corrected chi connectivity index (χ2v) is 7.27. The first-order chi connectivity index (χ1) is 12.1. The van der Waals surface area contributed by atoms with Crippen LogP contribution < -0.4 is 10.2 Å². The zero-order valence-corrected chi connectivity index (χ0v) is 14.7. The van der Waals surface area contributed by atoms with Gasteiger partial charge in [0.15, 0.2) is 5.65 Å². The van der Waals surface area contributed by atoms with Gasteiger partial charge in [-0.15, -0.1) is 0 Å². The van der Waals surface area contributed by atoms with Crippen molar-refractivity contribution >= 4 is 22.8 Å². The molecule has 3 atom stereocenters. The van der Waals surface area contributed by atoms with E-state index in [4.69, 9.17) is 0 Å². The van der Waals surface area contributed by atoms with Crippen LogP contribution in [0.1, 0.15) is 19.8 Å². The van der Waals surface area contributed by atoms with Crippen LogP contribution in [0.5, 0.6) is 0 Å². The molecule has 0 aromatic carbocycles. The topological polar surface area (TPSA) is 74.2 Å². The van der Waals surface area contributed by atoms with E-state index in [0.29, 0.717) is 17.6 Å². The van der Waals surface area contributed by atoms with E-state index in [9.17, 15) is 4.79 Å². The lowest BCUT2D eigenvalue weighted by Crippen LogP contribution is -2.53. The van der Waals surface area contributed by atoms with Crippen LogP contribution in [0.25, 0.3) is 11.2 Å². The zero-order chi connectivity index (χ0) is 17.4. The van der Waals surface area contributed by atoms with Crippen LogP contribution in [0.15, 0.2) is 24.7 Å². The highest BCUT2D eigenvalue weighted by atomic mass is 16.2. The SMILES string of the molecule is C[C@H]1C[C@@H](NC2CCN(C)C2=O)CN(c2ccnc3nccnc23)C1. The summed E-state index contributed by atoms with van der Waals surface area (Å²) in [7, 11) is 1.88. The maximum absolute atomic E-state index is 12.2. The summed E-state index contributed by atoms with van der Waals surface area (Å²) in [5, 5.41) is 3.59. The Bertz CT molecular complexity index is 776. The van der Waals surface area contributed by atoms with Gasteiger partial charge in [0.2, 0.25) is 5.91 Å². The molecule has 4 rings (SSSR count). The molecule has 2 fully saturated rings. The first-order valence-corrected chi connectivity index (χ1v) is 8.93. The Balaban J connectivity index is 1.55. The number of nitrogens with one attached hydrogen (secondary N) is 1. The number of pyridine rings is 1. The smallest absolute Gasteiger partial charge is 0.239 e. The van der Waals surface area contributed by atoms with Crippen molar-refractivity contribution in [1.82, 2.24) is 25.2 Å². The standard InChI is InChI=1S/C18H24N6O/c1-12-9-13(22-14-4-8-23(2)18(14)25)11-24(10-12)15-3-5-20-17-16(15)19-6-7-21-17/h3,5-7,12-14,22H,4,8-11H2,1-2H3/t12-,13+,14?/m0/s1. The minimum atomic E-state index is -0.0453. The molecule has 0 aliphatic carbocycles. The number of carbonyl (C=O) groups is 1. The van der Waals surface area contributed by atoms with E-state index in [1.165, 1.54) is 0 Å². The van der Waals surface area contributed by atoms with Crippen LogP contribution in [-0.2, 0) is 4.79 Å². The Labute approximate surface area is 147 Å². The molecule has 0 saturated carbocycles. The minimum absolute atomic E-state index is 0.0453. The average molecular weight is 340 g/mol. The first-order valence-electron chi connectivity index (χ1n) is 8.93. The van der Waals surface area contributed by atoms with Crippen LogP contribution in [0, 0.1) is 5.92 Å². The number of piperidine rings is 1. The average Bonchev–Trinajstić information content (AvgIpc) is 2.93. The van der Waals surface area contributed by atoms with E-state index in [2.05, 4.69) is 32.1 Å². The van der Waals surface area contributed by atoms with Crippen molar-refractivity contribution in [2.75, 3.05) is 31.6 Å². The fourth-order valence-corrected chi connectivity index (χ4v) is 4.05. The number of anilines is 1. The summed E-state index contributed by atoms with van der Waals surface area (Å²) in [6.45, 7) is 4.95. The fourth-order valence-electron chi connectivity index (χ4n) is 4.05. The summed E-state index contributed by atoms with van der Waals surface area (Å²) in [6.07, 6.45) is 7.15. The lowest BCUT2D eigenvalue weighted by Gasteiger charge is -2.39. The lowest BCUT2D eigenvalue weighted by molar-refractivity contribution is -0.128. The Morgan fingerprint density at radius 2 is 1.96 bits per heavy atom. The molecule has 7 nitrogen and oxygen atoms in total. The van der Waals surface area contributed by atoms with E-state index in [0.717, 1.165) is 43.7 Å². The summed E-state index contributed by atoms with van der Waals surface area (Å²) in [5.41, 5.74) is 2.59. The van der Waals surface area contributed by atoms with Gasteiger partial charge in [-0.25, -0.2) is 15.0 Å². The van der Waals surface area contributed by atoms with E-state index in [1.807, 2.05) is 18.0 Å². The van der Waals surface area contributed by atoms with Crippen molar-refractivity contribution < 1.29 is 4.79 Å². The van der Waals surface area contributed by atoms with Crippen molar-refractivity contribution in [1.29, 1.82) is 0 Å². The van der Waals surface area contributed by atoms with Crippen molar-refractivity contribution in [3.05, 3.63) is 24.7 Å². The molecule has 0 radical (unpaired) electrons. The second-order valence-electron chi connectivity index (χ2n) is 7.27. The molecule has 1 amide bonds. The quantitative estimate of drug-likeness (QED) is 0.901. The predicted molar refractivity (Wildman–Crippen MR) is 96.3 cm³/mol. The van der Waals surface area contributed by atoms with E-state index < -0.39 is 0 Å². The lowest BCUT2D eigenvalue weighted by atomic mass is 9.94. The molecule has 25 heavy (non-hydrogen) atoms. The first kappa shape index (κ1) is 16.2. The normalized spacial score (nSPS) is 27.3. The number of likely N-dealkylation sites (N-methyl/N-ethyl adjacent to an activating group) is 1. The molecule has 0 bridgehead atoms. The molecule has 0 spiro atoms. The summed E-state index contributed by atoms with van der Waals surface area (Å²) < 4.78 is 0. The third-order valence-corrected chi connectivity index (χ3v) is 5.22. The van der Waals surface area contributed by atoms with Crippen molar-refractivity contribution in [2.24, 2.45) is 5.92 Å². The predicted octanol–water partition coefficient (Wildman–Crippen LogP) is 1.06. The van der Waals surface area contributed by atoms with Crippen molar-refractivity contribution in [3.8, 4) is 0 Å². The third-order valence-electron chi connectivity index (χ3n) is 5.22. The molecule has 2 aliphatic heterocycles. The van der Waals surface area contributed by atoms with Gasteiger partial charge in [0.05, 0.1) is 11.7 Å². The van der Waals surface area contributed by atoms with Gasteiger partial charge >= 0.3 is 0 Å². The van der Waals surface area contributed by atoms with Gasteiger partial charge in [-0.05, 0) is 24.8 Å². The Hall–Kier alpha value is -2.28. The van der Waals surface area contributed by atoms with Crippen LogP contribution in [0.4, 0.5) is 5.69 Å². The Kier molecular flexibility index (Phi) is 4.25. The van der Waals surface area contributed by atoms with E-state index in [-0.39, 0.29) is 11.9 Å². The Morgan fingerprint density at radius 1 is 1.16 bits per heavy atom. The number of fused-ring (bicyclic) bond motifs is 1. The van der Waals surface area contributed by atoms with E-state index in [1.54, 1.807) is 18.6 Å². The number of aromatic nitrogens is 3. The maximum Gasteiger partial charge on any atom is 0.239 e. The van der Waals surface area contributed by atoms with Crippen molar-refractivity contribution in [3.63, 3.8) is 0 Å². The molecule has 1 N–H and O–H groups in total. The number of likely N-dealkylation sites (tertiary alicyclic amines) is 1. The van der Waals surface area contributed by atoms with Gasteiger partial charge in [0, 0.05) is 51.3 Å². The van der Waals surface area contributed by atoms with Gasteiger partial charge in [-0.3, -0.25) is 4.79 Å². The van der Waals surface area contributed by atoms with Crippen molar-refractivity contribution in [2.45, 2.75) is 31.8 Å². The molecule has 2 saturated heterocycles. The number of hydrogen-bond donors (Lipinski definition) is 1. The summed E-state index contributed by atoms with van der Waals surface area (Å²) in [6, 6.07) is 2.26. The van der Waals surface area contributed by atoms with Crippen LogP contribution in [0.2, 0.25) is 0 Å². The van der Waals surface area contributed by atoms with Crippen LogP contribution in [-0.4, -0.2) is 64.5 Å². The van der Waals surface area contributed by atoms with Gasteiger partial charge in [0.25, 0.3) is 0 Å².